The van der Waals surface area contributed by atoms with Crippen LogP contribution in [0, 0.1) is 0 Å². The molecule has 1 aromatic carbocycles. The average Bonchev–Trinajstić information content (AvgIpc) is 3.26. The van der Waals surface area contributed by atoms with Crippen LogP contribution < -0.4 is 16.0 Å². The molecule has 2 unspecified atom stereocenters. The van der Waals surface area contributed by atoms with E-state index in [1.165, 1.54) is 0 Å². The van der Waals surface area contributed by atoms with E-state index in [1.807, 2.05) is 0 Å². The molecule has 132 valence electrons. The van der Waals surface area contributed by atoms with Gasteiger partial charge in [-0.2, -0.15) is 0 Å². The lowest BCUT2D eigenvalue weighted by molar-refractivity contribution is -0.124. The van der Waals surface area contributed by atoms with Crippen LogP contribution in [0.15, 0.2) is 24.3 Å². The molecule has 2 atom stereocenters. The number of carbonyl (C=O) groups is 2. The minimum atomic E-state index is -0.374. The van der Waals surface area contributed by atoms with Crippen LogP contribution in [-0.2, 0) is 9.53 Å². The molecular weight excluding hydrogens is 330 g/mol. The van der Waals surface area contributed by atoms with Crippen LogP contribution in [0.1, 0.15) is 36.0 Å². The molecule has 0 spiro atoms. The summed E-state index contributed by atoms with van der Waals surface area (Å²) >= 11 is 0. The molecule has 3 rings (SSSR count). The summed E-state index contributed by atoms with van der Waals surface area (Å²) < 4.78 is 5.36. The number of nitrogens with one attached hydrogen (secondary N) is 3. The normalized spacial score (nSPS) is 22.7. The first-order valence-corrected chi connectivity index (χ1v) is 8.26. The number of ether oxygens (including phenoxy) is 1. The van der Waals surface area contributed by atoms with Crippen molar-refractivity contribution in [3.63, 3.8) is 0 Å². The Hall–Kier alpha value is -1.63. The molecule has 24 heavy (non-hydrogen) atoms. The molecule has 2 fully saturated rings. The van der Waals surface area contributed by atoms with Gasteiger partial charge < -0.3 is 20.7 Å². The van der Waals surface area contributed by atoms with Gasteiger partial charge in [0.05, 0.1) is 0 Å². The van der Waals surface area contributed by atoms with Crippen LogP contribution in [0.2, 0.25) is 0 Å². The third-order valence-corrected chi connectivity index (χ3v) is 4.29. The van der Waals surface area contributed by atoms with Crippen molar-refractivity contribution < 1.29 is 14.3 Å². The number of halogens is 1. The Balaban J connectivity index is 0.00000208. The van der Waals surface area contributed by atoms with Gasteiger partial charge in [-0.3, -0.25) is 9.59 Å². The first-order valence-electron chi connectivity index (χ1n) is 8.26. The molecule has 6 nitrogen and oxygen atoms in total. The SMILES string of the molecule is Cl.O=C(NCC1CCCN1)c1cccc(NC(=O)C2CCCO2)c1. The van der Waals surface area contributed by atoms with Crippen molar-refractivity contribution in [2.24, 2.45) is 0 Å². The third-order valence-electron chi connectivity index (χ3n) is 4.29. The molecule has 3 N–H and O–H groups in total. The fraction of sp³-hybridized carbons (Fsp3) is 0.529. The van der Waals surface area contributed by atoms with Gasteiger partial charge in [0.25, 0.3) is 11.8 Å². The van der Waals surface area contributed by atoms with Crippen molar-refractivity contribution in [3.05, 3.63) is 29.8 Å². The number of anilines is 1. The van der Waals surface area contributed by atoms with E-state index in [9.17, 15) is 9.59 Å². The summed E-state index contributed by atoms with van der Waals surface area (Å²) in [6, 6.07) is 7.36. The van der Waals surface area contributed by atoms with Crippen LogP contribution in [0.25, 0.3) is 0 Å². The van der Waals surface area contributed by atoms with Gasteiger partial charge in [0.2, 0.25) is 0 Å². The number of amides is 2. The summed E-state index contributed by atoms with van der Waals surface area (Å²) in [6.07, 6.45) is 3.54. The van der Waals surface area contributed by atoms with Gasteiger partial charge in [-0.1, -0.05) is 6.07 Å². The molecule has 0 saturated carbocycles. The summed E-state index contributed by atoms with van der Waals surface area (Å²) in [6.45, 7) is 2.28. The Bertz CT molecular complexity index is 570. The fourth-order valence-electron chi connectivity index (χ4n) is 2.99. The molecule has 1 aromatic rings. The summed E-state index contributed by atoms with van der Waals surface area (Å²) in [7, 11) is 0. The highest BCUT2D eigenvalue weighted by atomic mass is 35.5. The van der Waals surface area contributed by atoms with Crippen molar-refractivity contribution in [1.29, 1.82) is 0 Å². The Morgan fingerprint density at radius 2 is 2.12 bits per heavy atom. The van der Waals surface area contributed by atoms with Crippen LogP contribution in [0.3, 0.4) is 0 Å². The van der Waals surface area contributed by atoms with Crippen molar-refractivity contribution in [2.75, 3.05) is 25.0 Å². The van der Waals surface area contributed by atoms with Gasteiger partial charge in [-0.15, -0.1) is 12.4 Å². The first kappa shape index (κ1) is 18.7. The van der Waals surface area contributed by atoms with E-state index in [1.54, 1.807) is 24.3 Å². The standard InChI is InChI=1S/C17H23N3O3.ClH/c21-16(19-11-14-6-2-8-18-14)12-4-1-5-13(10-12)20-17(22)15-7-3-9-23-15;/h1,4-5,10,14-15,18H,2-3,6-9,11H2,(H,19,21)(H,20,22);1H. The van der Waals surface area contributed by atoms with E-state index in [2.05, 4.69) is 16.0 Å². The second-order valence-corrected chi connectivity index (χ2v) is 6.08. The smallest absolute Gasteiger partial charge is 0.253 e. The Morgan fingerprint density at radius 3 is 2.83 bits per heavy atom. The molecule has 2 heterocycles. The number of carbonyl (C=O) groups excluding carboxylic acids is 2. The number of hydrogen-bond donors (Lipinski definition) is 3. The van der Waals surface area contributed by atoms with Gasteiger partial charge >= 0.3 is 0 Å². The van der Waals surface area contributed by atoms with Gasteiger partial charge in [0.1, 0.15) is 6.10 Å². The predicted octanol–water partition coefficient (Wildman–Crippen LogP) is 1.71. The quantitative estimate of drug-likeness (QED) is 0.753. The van der Waals surface area contributed by atoms with Crippen molar-refractivity contribution >= 4 is 29.9 Å². The van der Waals surface area contributed by atoms with Gasteiger partial charge in [-0.05, 0) is 50.4 Å². The molecule has 2 saturated heterocycles. The van der Waals surface area contributed by atoms with E-state index in [0.29, 0.717) is 30.4 Å². The maximum Gasteiger partial charge on any atom is 0.253 e. The largest absolute Gasteiger partial charge is 0.368 e. The minimum Gasteiger partial charge on any atom is -0.368 e. The molecule has 0 bridgehead atoms. The maximum absolute atomic E-state index is 12.2. The van der Waals surface area contributed by atoms with E-state index >= 15 is 0 Å². The molecule has 7 heteroatoms. The second-order valence-electron chi connectivity index (χ2n) is 6.08. The summed E-state index contributed by atoms with van der Waals surface area (Å²) in [5.74, 6) is -0.262. The molecular formula is C17H24ClN3O3. The zero-order valence-corrected chi connectivity index (χ0v) is 14.4. The lowest BCUT2D eigenvalue weighted by atomic mass is 10.1. The third kappa shape index (κ3) is 4.93. The van der Waals surface area contributed by atoms with Crippen LogP contribution >= 0.6 is 12.4 Å². The zero-order chi connectivity index (χ0) is 16.1. The van der Waals surface area contributed by atoms with E-state index in [-0.39, 0.29) is 30.3 Å². The predicted molar refractivity (Wildman–Crippen MR) is 94.7 cm³/mol. The van der Waals surface area contributed by atoms with E-state index < -0.39 is 0 Å². The van der Waals surface area contributed by atoms with E-state index in [4.69, 9.17) is 4.74 Å². The summed E-state index contributed by atoms with van der Waals surface area (Å²) in [5, 5.41) is 9.10. The molecule has 0 radical (unpaired) electrons. The highest BCUT2D eigenvalue weighted by molar-refractivity contribution is 5.98. The summed E-state index contributed by atoms with van der Waals surface area (Å²) in [5.41, 5.74) is 1.17. The molecule has 2 amide bonds. The van der Waals surface area contributed by atoms with Crippen molar-refractivity contribution in [3.8, 4) is 0 Å². The van der Waals surface area contributed by atoms with Crippen LogP contribution in [0.5, 0.6) is 0 Å². The Morgan fingerprint density at radius 1 is 1.25 bits per heavy atom. The molecule has 0 aliphatic carbocycles. The highest BCUT2D eigenvalue weighted by Gasteiger charge is 2.23. The minimum absolute atomic E-state index is 0. The fourth-order valence-corrected chi connectivity index (χ4v) is 2.99. The average molecular weight is 354 g/mol. The second kappa shape index (κ2) is 9.01. The zero-order valence-electron chi connectivity index (χ0n) is 13.5. The first-order chi connectivity index (χ1) is 11.2. The van der Waals surface area contributed by atoms with Crippen LogP contribution in [0.4, 0.5) is 5.69 Å². The van der Waals surface area contributed by atoms with E-state index in [0.717, 1.165) is 32.2 Å². The van der Waals surface area contributed by atoms with Gasteiger partial charge in [-0.25, -0.2) is 0 Å². The Kier molecular flexibility index (Phi) is 7.02. The lowest BCUT2D eigenvalue weighted by Crippen LogP contribution is -2.37. The van der Waals surface area contributed by atoms with Gasteiger partial charge in [0, 0.05) is 30.4 Å². The Labute approximate surface area is 148 Å². The lowest BCUT2D eigenvalue weighted by Gasteiger charge is -2.13. The van der Waals surface area contributed by atoms with Crippen LogP contribution in [-0.4, -0.2) is 43.7 Å². The monoisotopic (exact) mass is 353 g/mol. The molecule has 2 aliphatic heterocycles. The molecule has 2 aliphatic rings. The van der Waals surface area contributed by atoms with Crippen molar-refractivity contribution in [1.82, 2.24) is 10.6 Å². The number of rotatable bonds is 5. The van der Waals surface area contributed by atoms with Crippen molar-refractivity contribution in [2.45, 2.75) is 37.8 Å². The molecule has 0 aromatic heterocycles. The maximum atomic E-state index is 12.2. The number of benzene rings is 1. The topological polar surface area (TPSA) is 79.5 Å². The highest BCUT2D eigenvalue weighted by Crippen LogP contribution is 2.16. The summed E-state index contributed by atoms with van der Waals surface area (Å²) in [4.78, 5) is 24.3. The van der Waals surface area contributed by atoms with Gasteiger partial charge in [0.15, 0.2) is 0 Å². The number of hydrogen-bond acceptors (Lipinski definition) is 4.